The zero-order valence-electron chi connectivity index (χ0n) is 14.7. The summed E-state index contributed by atoms with van der Waals surface area (Å²) < 4.78 is 14.2. The molecule has 1 N–H and O–H groups in total. The molecular formula is C21H20BrFN2O2. The van der Waals surface area contributed by atoms with Crippen LogP contribution in [0, 0.1) is 5.82 Å². The van der Waals surface area contributed by atoms with Gasteiger partial charge in [-0.05, 0) is 47.2 Å². The smallest absolute Gasteiger partial charge is 0.234 e. The number of hydrogen-bond acceptors (Lipinski definition) is 2. The number of alkyl halides is 1. The minimum Gasteiger partial charge on any atom is -0.357 e. The maximum atomic E-state index is 14.2. The summed E-state index contributed by atoms with van der Waals surface area (Å²) in [5.74, 6) is -0.264. The summed E-state index contributed by atoms with van der Waals surface area (Å²) in [4.78, 5) is 25.5. The van der Waals surface area contributed by atoms with Crippen LogP contribution in [0.5, 0.6) is 0 Å². The number of hydrogen-bond donors (Lipinski definition) is 1. The molecule has 4 rings (SSSR count). The maximum Gasteiger partial charge on any atom is 0.234 e. The number of amides is 2. The first-order valence-electron chi connectivity index (χ1n) is 9.04. The molecule has 0 aromatic heterocycles. The van der Waals surface area contributed by atoms with Crippen molar-refractivity contribution in [2.24, 2.45) is 0 Å². The molecule has 1 fully saturated rings. The molecule has 6 heteroatoms. The Labute approximate surface area is 165 Å². The van der Waals surface area contributed by atoms with E-state index in [1.807, 2.05) is 23.1 Å². The molecule has 0 bridgehead atoms. The molecule has 3 atom stereocenters. The van der Waals surface area contributed by atoms with E-state index in [1.54, 1.807) is 6.07 Å². The van der Waals surface area contributed by atoms with Gasteiger partial charge in [0, 0.05) is 12.5 Å². The number of benzene rings is 2. The van der Waals surface area contributed by atoms with E-state index in [1.165, 1.54) is 17.2 Å². The van der Waals surface area contributed by atoms with Crippen LogP contribution < -0.4 is 5.32 Å². The Morgan fingerprint density at radius 2 is 2.00 bits per heavy atom. The van der Waals surface area contributed by atoms with E-state index in [-0.39, 0.29) is 35.1 Å². The third-order valence-corrected chi connectivity index (χ3v) is 6.18. The van der Waals surface area contributed by atoms with Crippen LogP contribution in [0.15, 0.2) is 42.5 Å². The molecule has 1 heterocycles. The first-order valence-corrected chi connectivity index (χ1v) is 10.2. The van der Waals surface area contributed by atoms with Gasteiger partial charge in [-0.1, -0.05) is 46.3 Å². The monoisotopic (exact) mass is 430 g/mol. The van der Waals surface area contributed by atoms with Gasteiger partial charge in [0.15, 0.2) is 0 Å². The van der Waals surface area contributed by atoms with Gasteiger partial charge in [-0.25, -0.2) is 4.39 Å². The van der Waals surface area contributed by atoms with Gasteiger partial charge < -0.3 is 10.2 Å². The van der Waals surface area contributed by atoms with Crippen molar-refractivity contribution in [2.75, 3.05) is 11.9 Å². The number of halogens is 2. The number of fused-ring (bicyclic) bond motifs is 5. The number of nitrogens with zero attached hydrogens (tertiary/aromatic N) is 1. The van der Waals surface area contributed by atoms with E-state index in [0.717, 1.165) is 24.0 Å². The Morgan fingerprint density at radius 1 is 1.22 bits per heavy atom. The average molecular weight is 431 g/mol. The van der Waals surface area contributed by atoms with Crippen molar-refractivity contribution in [3.05, 3.63) is 70.5 Å². The van der Waals surface area contributed by atoms with E-state index >= 15 is 0 Å². The lowest BCUT2D eigenvalue weighted by molar-refractivity contribution is -0.131. The highest BCUT2D eigenvalue weighted by molar-refractivity contribution is 9.09. The van der Waals surface area contributed by atoms with Crippen LogP contribution in [0.1, 0.15) is 40.6 Å². The van der Waals surface area contributed by atoms with E-state index in [2.05, 4.69) is 33.4 Å². The van der Waals surface area contributed by atoms with Crippen molar-refractivity contribution in [1.82, 2.24) is 10.2 Å². The van der Waals surface area contributed by atoms with Gasteiger partial charge in [0.2, 0.25) is 12.3 Å². The maximum absolute atomic E-state index is 14.2. The fraction of sp³-hybridized carbons (Fsp3) is 0.333. The molecule has 1 saturated heterocycles. The fourth-order valence-electron chi connectivity index (χ4n) is 4.68. The van der Waals surface area contributed by atoms with Gasteiger partial charge in [-0.3, -0.25) is 9.59 Å². The Hall–Kier alpha value is -2.21. The second kappa shape index (κ2) is 7.43. The van der Waals surface area contributed by atoms with Crippen LogP contribution in [0.2, 0.25) is 0 Å². The number of carbonyl (C=O) groups is 2. The van der Waals surface area contributed by atoms with E-state index in [9.17, 15) is 14.0 Å². The van der Waals surface area contributed by atoms with Gasteiger partial charge in [-0.2, -0.15) is 0 Å². The minimum absolute atomic E-state index is 0.0465. The average Bonchev–Trinajstić information content (AvgIpc) is 3.00. The molecule has 2 amide bonds. The van der Waals surface area contributed by atoms with Crippen LogP contribution in [0.3, 0.4) is 0 Å². The normalized spacial score (nSPS) is 23.0. The second-order valence-electron chi connectivity index (χ2n) is 7.12. The van der Waals surface area contributed by atoms with Crippen LogP contribution in [0.25, 0.3) is 0 Å². The Morgan fingerprint density at radius 3 is 2.78 bits per heavy atom. The van der Waals surface area contributed by atoms with Gasteiger partial charge in [0.1, 0.15) is 5.82 Å². The fourth-order valence-corrected chi connectivity index (χ4v) is 4.97. The molecule has 140 valence electrons. The Bertz CT molecular complexity index is 888. The molecular weight excluding hydrogens is 411 g/mol. The van der Waals surface area contributed by atoms with Gasteiger partial charge in [0.05, 0.1) is 17.4 Å². The van der Waals surface area contributed by atoms with Crippen molar-refractivity contribution < 1.29 is 14.0 Å². The number of rotatable bonds is 4. The van der Waals surface area contributed by atoms with Crippen molar-refractivity contribution >= 4 is 28.2 Å². The summed E-state index contributed by atoms with van der Waals surface area (Å²) in [6.45, 7) is 0.391. The minimum atomic E-state index is -0.292. The first kappa shape index (κ1) is 18.2. The molecule has 0 unspecified atom stereocenters. The molecule has 1 aliphatic heterocycles. The summed E-state index contributed by atoms with van der Waals surface area (Å²) in [6, 6.07) is 12.8. The summed E-state index contributed by atoms with van der Waals surface area (Å²) in [6.07, 6.45) is 2.12. The third kappa shape index (κ3) is 3.16. The topological polar surface area (TPSA) is 49.4 Å². The van der Waals surface area contributed by atoms with Crippen LogP contribution in [0.4, 0.5) is 4.39 Å². The lowest BCUT2D eigenvalue weighted by atomic mass is 9.86. The zero-order valence-corrected chi connectivity index (χ0v) is 16.3. The lowest BCUT2D eigenvalue weighted by Gasteiger charge is -2.32. The molecule has 27 heavy (non-hydrogen) atoms. The molecule has 2 aliphatic rings. The summed E-state index contributed by atoms with van der Waals surface area (Å²) >= 11 is 3.29. The highest BCUT2D eigenvalue weighted by Gasteiger charge is 2.47. The standard InChI is InChI=1S/C21H20BrFN2O2/c22-10-20(27)25-16(11-24-12-26)9-19-17-4-2-1-3-13(17)7-14-5-6-15(23)8-18(14)21(19)25/h1-6,8,12,16,19,21H,7,9-11H2,(H,24,26)/t16-,19-,21-/m1/s1. The molecule has 2 aromatic rings. The van der Waals surface area contributed by atoms with Gasteiger partial charge in [0.25, 0.3) is 0 Å². The van der Waals surface area contributed by atoms with Crippen molar-refractivity contribution in [3.63, 3.8) is 0 Å². The first-order chi connectivity index (χ1) is 13.1. The number of likely N-dealkylation sites (tertiary alicyclic amines) is 1. The van der Waals surface area contributed by atoms with E-state index < -0.39 is 0 Å². The Balaban J connectivity index is 1.89. The molecule has 0 spiro atoms. The molecule has 4 nitrogen and oxygen atoms in total. The van der Waals surface area contributed by atoms with Crippen LogP contribution in [-0.4, -0.2) is 35.1 Å². The number of carbonyl (C=O) groups excluding carboxylic acids is 2. The predicted molar refractivity (Wildman–Crippen MR) is 104 cm³/mol. The highest BCUT2D eigenvalue weighted by atomic mass is 79.9. The quantitative estimate of drug-likeness (QED) is 0.597. The summed E-state index contributed by atoms with van der Waals surface area (Å²) in [5.41, 5.74) is 4.35. The van der Waals surface area contributed by atoms with Gasteiger partial charge in [-0.15, -0.1) is 0 Å². The van der Waals surface area contributed by atoms with Crippen molar-refractivity contribution in [1.29, 1.82) is 0 Å². The number of nitrogens with one attached hydrogen (secondary N) is 1. The third-order valence-electron chi connectivity index (χ3n) is 5.70. The summed E-state index contributed by atoms with van der Waals surface area (Å²) in [5, 5.41) is 2.91. The lowest BCUT2D eigenvalue weighted by Crippen LogP contribution is -2.43. The van der Waals surface area contributed by atoms with Crippen LogP contribution >= 0.6 is 15.9 Å². The summed E-state index contributed by atoms with van der Waals surface area (Å²) in [7, 11) is 0. The predicted octanol–water partition coefficient (Wildman–Crippen LogP) is 3.30. The zero-order chi connectivity index (χ0) is 19.0. The second-order valence-corrected chi connectivity index (χ2v) is 7.68. The SMILES string of the molecule is O=CNC[C@H]1C[C@@H]2c3ccccc3Cc3ccc(F)cc3[C@H]2N1C(=O)CBr. The largest absolute Gasteiger partial charge is 0.357 e. The molecule has 1 aliphatic carbocycles. The van der Waals surface area contributed by atoms with E-state index in [4.69, 9.17) is 0 Å². The highest BCUT2D eigenvalue weighted by Crippen LogP contribution is 2.51. The van der Waals surface area contributed by atoms with Crippen molar-refractivity contribution in [2.45, 2.75) is 30.8 Å². The van der Waals surface area contributed by atoms with Crippen LogP contribution in [-0.2, 0) is 16.0 Å². The molecule has 0 saturated carbocycles. The molecule has 2 aromatic carbocycles. The van der Waals surface area contributed by atoms with Gasteiger partial charge >= 0.3 is 0 Å². The molecule has 0 radical (unpaired) electrons. The Kier molecular flexibility index (Phi) is 5.00. The van der Waals surface area contributed by atoms with Crippen molar-refractivity contribution in [3.8, 4) is 0 Å². The van der Waals surface area contributed by atoms with E-state index in [0.29, 0.717) is 13.0 Å².